The van der Waals surface area contributed by atoms with Crippen molar-refractivity contribution in [1.29, 1.82) is 0 Å². The quantitative estimate of drug-likeness (QED) is 0.341. The SMILES string of the molecule is CC(C)c1nc2c(c(-c3ccc(F)cc3)c1C(OC(C)(C)C)C(=O)O)CN(Cc1ccc(F)cc1)CC2(C)C. The lowest BCUT2D eigenvalue weighted by molar-refractivity contribution is -0.160. The van der Waals surface area contributed by atoms with E-state index in [0.29, 0.717) is 30.9 Å². The Balaban J connectivity index is 2.00. The first-order chi connectivity index (χ1) is 18.2. The van der Waals surface area contributed by atoms with Gasteiger partial charge in [-0.2, -0.15) is 0 Å². The number of aliphatic carboxylic acids is 1. The minimum Gasteiger partial charge on any atom is -0.479 e. The van der Waals surface area contributed by atoms with Crippen molar-refractivity contribution < 1.29 is 23.4 Å². The maximum Gasteiger partial charge on any atom is 0.337 e. The maximum atomic E-state index is 14.0. The van der Waals surface area contributed by atoms with E-state index in [1.54, 1.807) is 24.3 Å². The number of carboxylic acids is 1. The number of benzene rings is 2. The molecule has 39 heavy (non-hydrogen) atoms. The van der Waals surface area contributed by atoms with Gasteiger partial charge in [0.05, 0.1) is 17.0 Å². The number of carboxylic acid groups (broad SMARTS) is 1. The zero-order valence-electron chi connectivity index (χ0n) is 23.8. The monoisotopic (exact) mass is 536 g/mol. The van der Waals surface area contributed by atoms with Crippen molar-refractivity contribution in [1.82, 2.24) is 9.88 Å². The Hall–Kier alpha value is -3.16. The molecule has 3 aromatic rings. The molecule has 2 aromatic carbocycles. The van der Waals surface area contributed by atoms with Crippen molar-refractivity contribution in [3.63, 3.8) is 0 Å². The van der Waals surface area contributed by atoms with E-state index in [1.807, 2.05) is 34.6 Å². The molecule has 0 amide bonds. The third kappa shape index (κ3) is 6.36. The Bertz CT molecular complexity index is 1340. The Kier molecular flexibility index (Phi) is 7.97. The summed E-state index contributed by atoms with van der Waals surface area (Å²) in [5, 5.41) is 10.4. The van der Waals surface area contributed by atoms with E-state index in [9.17, 15) is 18.7 Å². The zero-order valence-corrected chi connectivity index (χ0v) is 23.8. The number of pyridine rings is 1. The lowest BCUT2D eigenvalue weighted by Crippen LogP contribution is -2.43. The third-order valence-electron chi connectivity index (χ3n) is 6.96. The summed E-state index contributed by atoms with van der Waals surface area (Å²) in [6.07, 6.45) is -1.27. The molecule has 5 nitrogen and oxygen atoms in total. The Morgan fingerprint density at radius 1 is 1.05 bits per heavy atom. The van der Waals surface area contributed by atoms with Gasteiger partial charge in [-0.05, 0) is 73.2 Å². The predicted octanol–water partition coefficient (Wildman–Crippen LogP) is 7.38. The molecule has 1 aromatic heterocycles. The van der Waals surface area contributed by atoms with Gasteiger partial charge in [-0.1, -0.05) is 52.0 Å². The van der Waals surface area contributed by atoms with E-state index < -0.39 is 17.7 Å². The van der Waals surface area contributed by atoms with Crippen LogP contribution in [0.2, 0.25) is 0 Å². The van der Waals surface area contributed by atoms with Gasteiger partial charge in [-0.15, -0.1) is 0 Å². The Morgan fingerprint density at radius 2 is 1.62 bits per heavy atom. The van der Waals surface area contributed by atoms with Gasteiger partial charge in [0.15, 0.2) is 6.10 Å². The first kappa shape index (κ1) is 28.8. The number of halogens is 2. The van der Waals surface area contributed by atoms with Crippen LogP contribution in [0, 0.1) is 11.6 Å². The molecule has 0 radical (unpaired) electrons. The van der Waals surface area contributed by atoms with Crippen LogP contribution in [0.25, 0.3) is 11.1 Å². The lowest BCUT2D eigenvalue weighted by atomic mass is 9.76. The van der Waals surface area contributed by atoms with Gasteiger partial charge in [0, 0.05) is 30.6 Å². The van der Waals surface area contributed by atoms with E-state index in [0.717, 1.165) is 27.9 Å². The number of hydrogen-bond donors (Lipinski definition) is 1. The third-order valence-corrected chi connectivity index (χ3v) is 6.96. The summed E-state index contributed by atoms with van der Waals surface area (Å²) in [4.78, 5) is 20.2. The highest BCUT2D eigenvalue weighted by Crippen LogP contribution is 2.45. The number of ether oxygens (including phenoxy) is 1. The summed E-state index contributed by atoms with van der Waals surface area (Å²) in [7, 11) is 0. The molecule has 1 unspecified atom stereocenters. The van der Waals surface area contributed by atoms with Crippen LogP contribution in [0.15, 0.2) is 48.5 Å². The number of hydrogen-bond acceptors (Lipinski definition) is 4. The molecular weight excluding hydrogens is 498 g/mol. The molecule has 1 atom stereocenters. The lowest BCUT2D eigenvalue weighted by Gasteiger charge is -2.42. The highest BCUT2D eigenvalue weighted by Gasteiger charge is 2.40. The minimum atomic E-state index is -1.27. The van der Waals surface area contributed by atoms with Gasteiger partial charge in [0.1, 0.15) is 11.6 Å². The van der Waals surface area contributed by atoms with Gasteiger partial charge in [0.2, 0.25) is 0 Å². The molecule has 7 heteroatoms. The smallest absolute Gasteiger partial charge is 0.337 e. The average molecular weight is 537 g/mol. The summed E-state index contributed by atoms with van der Waals surface area (Å²) >= 11 is 0. The standard InChI is InChI=1S/C32H38F2N2O3/c1-19(2)27-26(28(30(37)38)39-31(3,4)5)25(21-10-14-23(34)15-11-21)24-17-36(18-32(6,7)29(24)35-27)16-20-8-12-22(33)13-9-20/h8-15,19,28H,16-18H2,1-7H3,(H,37,38). The summed E-state index contributed by atoms with van der Waals surface area (Å²) in [6.45, 7) is 15.6. The van der Waals surface area contributed by atoms with Crippen LogP contribution >= 0.6 is 0 Å². The number of carbonyl (C=O) groups is 1. The number of nitrogens with zero attached hydrogens (tertiary/aromatic N) is 2. The highest BCUT2D eigenvalue weighted by atomic mass is 19.1. The second-order valence-electron chi connectivity index (χ2n) is 12.4. The van der Waals surface area contributed by atoms with E-state index in [1.165, 1.54) is 24.3 Å². The largest absolute Gasteiger partial charge is 0.479 e. The fraction of sp³-hybridized carbons (Fsp3) is 0.438. The summed E-state index contributed by atoms with van der Waals surface area (Å²) in [5.41, 5.74) is 4.32. The Morgan fingerprint density at radius 3 is 2.13 bits per heavy atom. The number of aromatic nitrogens is 1. The Labute approximate surface area is 229 Å². The predicted molar refractivity (Wildman–Crippen MR) is 148 cm³/mol. The van der Waals surface area contributed by atoms with Crippen molar-refractivity contribution >= 4 is 5.97 Å². The number of fused-ring (bicyclic) bond motifs is 1. The van der Waals surface area contributed by atoms with Crippen molar-refractivity contribution in [2.75, 3.05) is 6.54 Å². The van der Waals surface area contributed by atoms with Crippen LogP contribution in [-0.4, -0.2) is 33.1 Å². The molecule has 1 aliphatic rings. The number of rotatable bonds is 7. The van der Waals surface area contributed by atoms with E-state index in [-0.39, 0.29) is 23.0 Å². The van der Waals surface area contributed by atoms with Gasteiger partial charge in [0.25, 0.3) is 0 Å². The van der Waals surface area contributed by atoms with Crippen molar-refractivity contribution in [3.8, 4) is 11.1 Å². The van der Waals surface area contributed by atoms with E-state index in [2.05, 4.69) is 18.7 Å². The summed E-state index contributed by atoms with van der Waals surface area (Å²) < 4.78 is 33.8. The molecule has 0 aliphatic carbocycles. The van der Waals surface area contributed by atoms with Crippen LogP contribution in [0.4, 0.5) is 8.78 Å². The zero-order chi connectivity index (χ0) is 28.7. The van der Waals surface area contributed by atoms with Gasteiger partial charge in [-0.3, -0.25) is 9.88 Å². The van der Waals surface area contributed by atoms with E-state index >= 15 is 0 Å². The van der Waals surface area contributed by atoms with E-state index in [4.69, 9.17) is 9.72 Å². The van der Waals surface area contributed by atoms with Gasteiger partial charge in [-0.25, -0.2) is 13.6 Å². The average Bonchev–Trinajstić information content (AvgIpc) is 2.82. The van der Waals surface area contributed by atoms with Crippen LogP contribution in [0.3, 0.4) is 0 Å². The fourth-order valence-corrected chi connectivity index (χ4v) is 5.48. The highest BCUT2D eigenvalue weighted by molar-refractivity contribution is 5.83. The van der Waals surface area contributed by atoms with Gasteiger partial charge < -0.3 is 9.84 Å². The second-order valence-corrected chi connectivity index (χ2v) is 12.4. The molecule has 4 rings (SSSR count). The molecule has 0 saturated carbocycles. The molecule has 2 heterocycles. The molecule has 0 saturated heterocycles. The maximum absolute atomic E-state index is 14.0. The summed E-state index contributed by atoms with van der Waals surface area (Å²) in [5.74, 6) is -1.83. The second kappa shape index (κ2) is 10.8. The van der Waals surface area contributed by atoms with Crippen molar-refractivity contribution in [3.05, 3.63) is 88.2 Å². The molecule has 0 fully saturated rings. The fourth-order valence-electron chi connectivity index (χ4n) is 5.48. The molecule has 1 N–H and O–H groups in total. The molecule has 1 aliphatic heterocycles. The van der Waals surface area contributed by atoms with Crippen LogP contribution in [0.1, 0.15) is 88.6 Å². The first-order valence-electron chi connectivity index (χ1n) is 13.4. The van der Waals surface area contributed by atoms with Crippen LogP contribution in [-0.2, 0) is 28.0 Å². The topological polar surface area (TPSA) is 62.7 Å². The molecular formula is C32H38F2N2O3. The van der Waals surface area contributed by atoms with Crippen LogP contribution < -0.4 is 0 Å². The molecule has 208 valence electrons. The van der Waals surface area contributed by atoms with Crippen molar-refractivity contribution in [2.24, 2.45) is 0 Å². The normalized spacial score (nSPS) is 16.3. The van der Waals surface area contributed by atoms with Crippen LogP contribution in [0.5, 0.6) is 0 Å². The summed E-state index contributed by atoms with van der Waals surface area (Å²) in [6, 6.07) is 12.7. The van der Waals surface area contributed by atoms with Gasteiger partial charge >= 0.3 is 5.97 Å². The molecule has 0 bridgehead atoms. The first-order valence-corrected chi connectivity index (χ1v) is 13.4. The van der Waals surface area contributed by atoms with Crippen molar-refractivity contribution in [2.45, 2.75) is 84.6 Å². The molecule has 0 spiro atoms. The minimum absolute atomic E-state index is 0.0806.